The van der Waals surface area contributed by atoms with E-state index in [-0.39, 0.29) is 23.0 Å². The van der Waals surface area contributed by atoms with Crippen LogP contribution in [0.1, 0.15) is 15.9 Å². The molecule has 2 aromatic rings. The van der Waals surface area contributed by atoms with E-state index in [2.05, 4.69) is 15.9 Å². The highest BCUT2D eigenvalue weighted by Crippen LogP contribution is 2.34. The van der Waals surface area contributed by atoms with Crippen molar-refractivity contribution in [2.75, 3.05) is 13.2 Å². The molecule has 0 spiro atoms. The number of nitrogens with zero attached hydrogens (tertiary/aromatic N) is 1. The number of carboxylic acid groups (broad SMARTS) is 1. The summed E-state index contributed by atoms with van der Waals surface area (Å²) >= 11 is 4.00. The van der Waals surface area contributed by atoms with Gasteiger partial charge in [0.15, 0.2) is 12.4 Å². The van der Waals surface area contributed by atoms with E-state index in [1.165, 1.54) is 6.08 Å². The van der Waals surface area contributed by atoms with Crippen molar-refractivity contribution in [2.45, 2.75) is 0 Å². The van der Waals surface area contributed by atoms with Crippen LogP contribution in [-0.4, -0.2) is 46.1 Å². The van der Waals surface area contributed by atoms with Crippen molar-refractivity contribution >= 4 is 56.7 Å². The smallest absolute Gasteiger partial charge is 0.341 e. The minimum atomic E-state index is -1.13. The summed E-state index contributed by atoms with van der Waals surface area (Å²) in [7, 11) is 0. The molecule has 3 rings (SSSR count). The van der Waals surface area contributed by atoms with Gasteiger partial charge in [-0.2, -0.15) is 0 Å². The molecule has 0 aliphatic carbocycles. The first-order chi connectivity index (χ1) is 13.8. The zero-order chi connectivity index (χ0) is 21.0. The molecule has 0 unspecified atom stereocenters. The minimum Gasteiger partial charge on any atom is -0.481 e. The molecule has 1 aliphatic rings. The number of hydrogen-bond acceptors (Lipinski definition) is 6. The number of hydrogen-bond donors (Lipinski definition) is 1. The predicted octanol–water partition coefficient (Wildman–Crippen LogP) is 3.83. The number of ether oxygens (including phenoxy) is 1. The Balaban J connectivity index is 1.77. The number of benzene rings is 2. The normalized spacial score (nSPS) is 15.1. The molecule has 29 heavy (non-hydrogen) atoms. The second kappa shape index (κ2) is 9.06. The molecule has 0 aromatic heterocycles. The number of aliphatic carboxylic acids is 1. The lowest BCUT2D eigenvalue weighted by atomic mass is 10.1. The highest BCUT2D eigenvalue weighted by Gasteiger charge is 2.36. The van der Waals surface area contributed by atoms with Crippen LogP contribution in [0.5, 0.6) is 5.75 Å². The number of Topliss-reactive ketones (excluding diaryl/α,β-unsaturated/α-hetero) is 1. The maximum atomic E-state index is 12.6. The molecule has 1 fully saturated rings. The maximum Gasteiger partial charge on any atom is 0.341 e. The fraction of sp³-hybridized carbons (Fsp3) is 0.100. The van der Waals surface area contributed by atoms with Crippen molar-refractivity contribution in [2.24, 2.45) is 0 Å². The van der Waals surface area contributed by atoms with E-state index >= 15 is 0 Å². The first kappa shape index (κ1) is 20.8. The quantitative estimate of drug-likeness (QED) is 0.479. The van der Waals surface area contributed by atoms with Gasteiger partial charge in [0.05, 0.1) is 11.4 Å². The number of para-hydroxylation sites is 1. The van der Waals surface area contributed by atoms with E-state index in [9.17, 15) is 19.2 Å². The van der Waals surface area contributed by atoms with Gasteiger partial charge >= 0.3 is 5.97 Å². The summed E-state index contributed by atoms with van der Waals surface area (Å²) < 4.78 is 6.02. The molecule has 2 aromatic carbocycles. The Hall–Kier alpha value is -2.91. The third-order valence-electron chi connectivity index (χ3n) is 3.90. The number of thioether (sulfide) groups is 1. The highest BCUT2D eigenvalue weighted by atomic mass is 79.9. The van der Waals surface area contributed by atoms with Gasteiger partial charge in [0, 0.05) is 15.6 Å². The van der Waals surface area contributed by atoms with Crippen molar-refractivity contribution in [3.05, 3.63) is 69.0 Å². The Morgan fingerprint density at radius 3 is 2.48 bits per heavy atom. The van der Waals surface area contributed by atoms with E-state index in [1.807, 2.05) is 0 Å². The first-order valence-corrected chi connectivity index (χ1v) is 9.94. The van der Waals surface area contributed by atoms with Gasteiger partial charge in [-0.1, -0.05) is 46.3 Å². The minimum absolute atomic E-state index is 0.130. The highest BCUT2D eigenvalue weighted by molar-refractivity contribution is 9.10. The number of carbonyl (C=O) groups is 4. The standard InChI is InChI=1S/C20H14BrNO6S/c21-14-7-5-12(6-8-14)15(23)10-22-19(26)17(29-20(22)27)9-13-3-1-2-4-16(13)28-11-18(24)25/h1-9H,10-11H2,(H,24,25)/b17-9+. The van der Waals surface area contributed by atoms with E-state index in [0.717, 1.165) is 9.37 Å². The molecule has 0 saturated carbocycles. The van der Waals surface area contributed by atoms with Crippen LogP contribution >= 0.6 is 27.7 Å². The van der Waals surface area contributed by atoms with Gasteiger partial charge in [0.2, 0.25) is 0 Å². The Kier molecular flexibility index (Phi) is 6.50. The van der Waals surface area contributed by atoms with Crippen molar-refractivity contribution in [3.63, 3.8) is 0 Å². The first-order valence-electron chi connectivity index (χ1n) is 8.33. The summed E-state index contributed by atoms with van der Waals surface area (Å²) in [4.78, 5) is 49.1. The third kappa shape index (κ3) is 5.12. The van der Waals surface area contributed by atoms with Crippen LogP contribution < -0.4 is 4.74 Å². The molecule has 1 heterocycles. The lowest BCUT2D eigenvalue weighted by molar-refractivity contribution is -0.139. The number of carbonyl (C=O) groups excluding carboxylic acids is 3. The monoisotopic (exact) mass is 475 g/mol. The molecule has 0 bridgehead atoms. The lowest BCUT2D eigenvalue weighted by Gasteiger charge is -2.11. The number of rotatable bonds is 7. The Morgan fingerprint density at radius 2 is 1.79 bits per heavy atom. The average molecular weight is 476 g/mol. The van der Waals surface area contributed by atoms with Gasteiger partial charge in [-0.05, 0) is 36.0 Å². The van der Waals surface area contributed by atoms with E-state index in [1.54, 1.807) is 48.5 Å². The summed E-state index contributed by atoms with van der Waals surface area (Å²) in [6.07, 6.45) is 1.45. The van der Waals surface area contributed by atoms with Gasteiger partial charge in [0.25, 0.3) is 11.1 Å². The zero-order valence-corrected chi connectivity index (χ0v) is 17.2. The zero-order valence-electron chi connectivity index (χ0n) is 14.8. The predicted molar refractivity (Wildman–Crippen MR) is 111 cm³/mol. The number of amides is 2. The second-order valence-corrected chi connectivity index (χ2v) is 7.83. The molecule has 1 N–H and O–H groups in total. The summed E-state index contributed by atoms with van der Waals surface area (Å²) in [6.45, 7) is -0.894. The topological polar surface area (TPSA) is 101 Å². The van der Waals surface area contributed by atoms with Crippen molar-refractivity contribution in [1.29, 1.82) is 0 Å². The Bertz CT molecular complexity index is 1020. The van der Waals surface area contributed by atoms with Gasteiger partial charge < -0.3 is 9.84 Å². The number of carboxylic acids is 1. The van der Waals surface area contributed by atoms with Crippen LogP contribution in [0, 0.1) is 0 Å². The summed E-state index contributed by atoms with van der Waals surface area (Å²) in [5, 5.41) is 8.22. The molecule has 7 nitrogen and oxygen atoms in total. The van der Waals surface area contributed by atoms with E-state index in [0.29, 0.717) is 22.9 Å². The summed E-state index contributed by atoms with van der Waals surface area (Å²) in [5.41, 5.74) is 0.849. The van der Waals surface area contributed by atoms with Crippen LogP contribution in [0.3, 0.4) is 0 Å². The van der Waals surface area contributed by atoms with Crippen molar-refractivity contribution in [1.82, 2.24) is 4.90 Å². The number of halogens is 1. The van der Waals surface area contributed by atoms with Crippen LogP contribution in [0.2, 0.25) is 0 Å². The molecule has 9 heteroatoms. The average Bonchev–Trinajstić information content (AvgIpc) is 2.95. The van der Waals surface area contributed by atoms with Crippen molar-refractivity contribution in [3.8, 4) is 5.75 Å². The molecule has 0 radical (unpaired) electrons. The SMILES string of the molecule is O=C(O)COc1ccccc1/C=C1/SC(=O)N(CC(=O)c2ccc(Br)cc2)C1=O. The fourth-order valence-corrected chi connectivity index (χ4v) is 3.61. The van der Waals surface area contributed by atoms with E-state index in [4.69, 9.17) is 9.84 Å². The molecule has 1 saturated heterocycles. The second-order valence-electron chi connectivity index (χ2n) is 5.92. The van der Waals surface area contributed by atoms with Gasteiger partial charge in [-0.3, -0.25) is 19.3 Å². The van der Waals surface area contributed by atoms with Gasteiger partial charge in [-0.25, -0.2) is 4.79 Å². The summed E-state index contributed by atoms with van der Waals surface area (Å²) in [6, 6.07) is 13.2. The Morgan fingerprint density at radius 1 is 1.10 bits per heavy atom. The van der Waals surface area contributed by atoms with Crippen LogP contribution in [0.15, 0.2) is 57.9 Å². The van der Waals surface area contributed by atoms with Gasteiger partial charge in [-0.15, -0.1) is 0 Å². The van der Waals surface area contributed by atoms with E-state index < -0.39 is 23.7 Å². The largest absolute Gasteiger partial charge is 0.481 e. The molecular formula is C20H14BrNO6S. The number of imide groups is 1. The van der Waals surface area contributed by atoms with Crippen LogP contribution in [0.4, 0.5) is 4.79 Å². The molecule has 1 aliphatic heterocycles. The van der Waals surface area contributed by atoms with Crippen molar-refractivity contribution < 1.29 is 29.0 Å². The van der Waals surface area contributed by atoms with Crippen LogP contribution in [-0.2, 0) is 9.59 Å². The molecular weight excluding hydrogens is 462 g/mol. The molecule has 148 valence electrons. The maximum absolute atomic E-state index is 12.6. The molecule has 0 atom stereocenters. The Labute approximate surface area is 178 Å². The number of ketones is 1. The third-order valence-corrected chi connectivity index (χ3v) is 5.33. The fourth-order valence-electron chi connectivity index (χ4n) is 2.52. The van der Waals surface area contributed by atoms with Gasteiger partial charge in [0.1, 0.15) is 5.75 Å². The lowest BCUT2D eigenvalue weighted by Crippen LogP contribution is -2.33. The molecule has 2 amide bonds. The summed E-state index contributed by atoms with van der Waals surface area (Å²) in [5.74, 6) is -1.80. The van der Waals surface area contributed by atoms with Crippen LogP contribution in [0.25, 0.3) is 6.08 Å².